The quantitative estimate of drug-likeness (QED) is 0.824. The molecule has 19 heavy (non-hydrogen) atoms. The van der Waals surface area contributed by atoms with Gasteiger partial charge in [-0.1, -0.05) is 0 Å². The van der Waals surface area contributed by atoms with E-state index in [0.29, 0.717) is 24.4 Å². The van der Waals surface area contributed by atoms with Gasteiger partial charge in [0.05, 0.1) is 23.4 Å². The Bertz CT molecular complexity index is 652. The molecule has 0 aromatic carbocycles. The number of nitrogens with zero attached hydrogens (tertiary/aromatic N) is 3. The summed E-state index contributed by atoms with van der Waals surface area (Å²) in [6.45, 7) is 3.66. The summed E-state index contributed by atoms with van der Waals surface area (Å²) >= 11 is 0. The zero-order valence-electron chi connectivity index (χ0n) is 11.1. The van der Waals surface area contributed by atoms with Crippen molar-refractivity contribution < 1.29 is 8.42 Å². The minimum absolute atomic E-state index is 0.230. The Morgan fingerprint density at radius 2 is 2.16 bits per heavy atom. The lowest BCUT2D eigenvalue weighted by atomic mass is 10.3. The fourth-order valence-corrected chi connectivity index (χ4v) is 3.32. The molecule has 7 nitrogen and oxygen atoms in total. The summed E-state index contributed by atoms with van der Waals surface area (Å²) in [5, 5.41) is 6.56. The minimum Gasteiger partial charge on any atom is -0.340 e. The van der Waals surface area contributed by atoms with Crippen LogP contribution in [0.4, 0.5) is 0 Å². The summed E-state index contributed by atoms with van der Waals surface area (Å²) in [6, 6.07) is 0. The molecule has 2 aromatic rings. The number of nitrogens with one attached hydrogen (secondary N) is 2. The van der Waals surface area contributed by atoms with Gasteiger partial charge in [-0.05, 0) is 13.8 Å². The second-order valence-corrected chi connectivity index (χ2v) is 6.15. The van der Waals surface area contributed by atoms with Crippen LogP contribution in [0.3, 0.4) is 0 Å². The topological polar surface area (TPSA) is 92.7 Å². The highest BCUT2D eigenvalue weighted by Gasteiger charge is 2.21. The summed E-state index contributed by atoms with van der Waals surface area (Å²) in [5.74, 6) is 0. The highest BCUT2D eigenvalue weighted by molar-refractivity contribution is 7.89. The minimum atomic E-state index is -3.52. The molecular formula is C11H17N5O2S. The van der Waals surface area contributed by atoms with Gasteiger partial charge in [0, 0.05) is 26.2 Å². The fraction of sp³-hybridized carbons (Fsp3) is 0.455. The first-order valence-corrected chi connectivity index (χ1v) is 7.36. The van der Waals surface area contributed by atoms with Gasteiger partial charge in [-0.3, -0.25) is 5.10 Å². The molecule has 0 spiro atoms. The lowest BCUT2D eigenvalue weighted by Crippen LogP contribution is -2.27. The molecule has 0 saturated heterocycles. The molecule has 0 amide bonds. The molecule has 0 aliphatic rings. The van der Waals surface area contributed by atoms with Crippen LogP contribution in [0.15, 0.2) is 17.4 Å². The lowest BCUT2D eigenvalue weighted by molar-refractivity contribution is 0.580. The maximum atomic E-state index is 12.1. The standard InChI is InChI=1S/C11H17N5O2S/c1-8-11(9(2)15-14-8)19(17,18)13-5-4-10-6-16(3)7-12-10/h6-7,13H,4-5H2,1-3H3,(H,14,15). The number of sulfonamides is 1. The van der Waals surface area contributed by atoms with E-state index in [1.807, 2.05) is 17.8 Å². The molecule has 2 aromatic heterocycles. The maximum absolute atomic E-state index is 12.1. The van der Waals surface area contributed by atoms with Crippen molar-refractivity contribution in [2.45, 2.75) is 25.2 Å². The van der Waals surface area contributed by atoms with Crippen molar-refractivity contribution in [2.24, 2.45) is 7.05 Å². The largest absolute Gasteiger partial charge is 0.340 e. The Balaban J connectivity index is 2.03. The monoisotopic (exact) mass is 283 g/mol. The zero-order valence-corrected chi connectivity index (χ0v) is 12.0. The number of H-pyrrole nitrogens is 1. The van der Waals surface area contributed by atoms with Gasteiger partial charge in [-0.15, -0.1) is 0 Å². The van der Waals surface area contributed by atoms with Gasteiger partial charge in [0.15, 0.2) is 0 Å². The van der Waals surface area contributed by atoms with Gasteiger partial charge >= 0.3 is 0 Å². The first kappa shape index (κ1) is 13.8. The summed E-state index contributed by atoms with van der Waals surface area (Å²) in [5.41, 5.74) is 1.87. The van der Waals surface area contributed by atoms with E-state index < -0.39 is 10.0 Å². The third kappa shape index (κ3) is 3.02. The van der Waals surface area contributed by atoms with Gasteiger partial charge in [0.25, 0.3) is 0 Å². The first-order valence-electron chi connectivity index (χ1n) is 5.88. The van der Waals surface area contributed by atoms with Gasteiger partial charge in [0.1, 0.15) is 4.90 Å². The molecule has 104 valence electrons. The lowest BCUT2D eigenvalue weighted by Gasteiger charge is -2.05. The summed E-state index contributed by atoms with van der Waals surface area (Å²) in [6.07, 6.45) is 4.10. The highest BCUT2D eigenvalue weighted by atomic mass is 32.2. The Kier molecular flexibility index (Phi) is 3.72. The number of hydrogen-bond donors (Lipinski definition) is 2. The molecule has 0 unspecified atom stereocenters. The van der Waals surface area contributed by atoms with Crippen LogP contribution in [0.5, 0.6) is 0 Å². The predicted octanol–water partition coefficient (Wildman–Crippen LogP) is 0.281. The average Bonchev–Trinajstić information content (AvgIpc) is 2.86. The van der Waals surface area contributed by atoms with Crippen LogP contribution in [0, 0.1) is 13.8 Å². The average molecular weight is 283 g/mol. The van der Waals surface area contributed by atoms with Crippen LogP contribution >= 0.6 is 0 Å². The summed E-state index contributed by atoms with van der Waals surface area (Å²) < 4.78 is 28.7. The van der Waals surface area contributed by atoms with Crippen molar-refractivity contribution >= 4 is 10.0 Å². The molecule has 0 fully saturated rings. The van der Waals surface area contributed by atoms with Crippen LogP contribution in [0.25, 0.3) is 0 Å². The van der Waals surface area contributed by atoms with E-state index in [1.54, 1.807) is 20.2 Å². The van der Waals surface area contributed by atoms with E-state index >= 15 is 0 Å². The zero-order chi connectivity index (χ0) is 14.0. The molecule has 0 aliphatic carbocycles. The Hall–Kier alpha value is -1.67. The number of aromatic nitrogens is 4. The SMILES string of the molecule is Cc1n[nH]c(C)c1S(=O)(=O)NCCc1cn(C)cn1. The van der Waals surface area contributed by atoms with Gasteiger partial charge in [-0.25, -0.2) is 18.1 Å². The van der Waals surface area contributed by atoms with Crippen molar-refractivity contribution in [1.29, 1.82) is 0 Å². The Morgan fingerprint density at radius 3 is 2.68 bits per heavy atom. The highest BCUT2D eigenvalue weighted by Crippen LogP contribution is 2.15. The molecule has 2 heterocycles. The molecule has 0 saturated carbocycles. The van der Waals surface area contributed by atoms with E-state index in [9.17, 15) is 8.42 Å². The van der Waals surface area contributed by atoms with E-state index in [2.05, 4.69) is 19.9 Å². The Labute approximate surface area is 112 Å². The summed E-state index contributed by atoms with van der Waals surface area (Å²) in [4.78, 5) is 4.37. The van der Waals surface area contributed by atoms with Crippen LogP contribution in [-0.2, 0) is 23.5 Å². The molecular weight excluding hydrogens is 266 g/mol. The van der Waals surface area contributed by atoms with Crippen LogP contribution in [-0.4, -0.2) is 34.7 Å². The number of aryl methyl sites for hydroxylation is 3. The van der Waals surface area contributed by atoms with Gasteiger partial charge in [0.2, 0.25) is 10.0 Å². The third-order valence-corrected chi connectivity index (χ3v) is 4.48. The van der Waals surface area contributed by atoms with E-state index in [1.165, 1.54) is 0 Å². The van der Waals surface area contributed by atoms with E-state index in [0.717, 1.165) is 5.69 Å². The fourth-order valence-electron chi connectivity index (χ4n) is 1.92. The van der Waals surface area contributed by atoms with Crippen molar-refractivity contribution in [3.05, 3.63) is 29.6 Å². The first-order chi connectivity index (χ1) is 8.90. The number of hydrogen-bond acceptors (Lipinski definition) is 4. The number of aromatic amines is 1. The van der Waals surface area contributed by atoms with E-state index in [4.69, 9.17) is 0 Å². The third-order valence-electron chi connectivity index (χ3n) is 2.76. The molecule has 0 radical (unpaired) electrons. The van der Waals surface area contributed by atoms with E-state index in [-0.39, 0.29) is 4.90 Å². The second-order valence-electron chi connectivity index (χ2n) is 4.44. The van der Waals surface area contributed by atoms with Crippen molar-refractivity contribution in [3.8, 4) is 0 Å². The van der Waals surface area contributed by atoms with Crippen molar-refractivity contribution in [2.75, 3.05) is 6.54 Å². The van der Waals surface area contributed by atoms with Gasteiger partial charge < -0.3 is 4.57 Å². The number of rotatable bonds is 5. The second kappa shape index (κ2) is 5.14. The molecule has 8 heteroatoms. The van der Waals surface area contributed by atoms with Crippen molar-refractivity contribution in [1.82, 2.24) is 24.5 Å². The summed E-state index contributed by atoms with van der Waals surface area (Å²) in [7, 11) is -1.65. The van der Waals surface area contributed by atoms with Gasteiger partial charge in [-0.2, -0.15) is 5.10 Å². The smallest absolute Gasteiger partial charge is 0.244 e. The molecule has 0 atom stereocenters. The van der Waals surface area contributed by atoms with Crippen LogP contribution < -0.4 is 4.72 Å². The molecule has 2 rings (SSSR count). The molecule has 0 aliphatic heterocycles. The normalized spacial score (nSPS) is 11.9. The molecule has 0 bridgehead atoms. The molecule has 2 N–H and O–H groups in total. The maximum Gasteiger partial charge on any atom is 0.244 e. The Morgan fingerprint density at radius 1 is 1.42 bits per heavy atom. The predicted molar refractivity (Wildman–Crippen MR) is 70.2 cm³/mol. The number of imidazole rings is 1. The van der Waals surface area contributed by atoms with Crippen LogP contribution in [0.1, 0.15) is 17.1 Å². The van der Waals surface area contributed by atoms with Crippen molar-refractivity contribution in [3.63, 3.8) is 0 Å². The van der Waals surface area contributed by atoms with Crippen LogP contribution in [0.2, 0.25) is 0 Å².